The number of nitrogens with zero attached hydrogens (tertiary/aromatic N) is 3. The van der Waals surface area contributed by atoms with Crippen molar-refractivity contribution in [3.05, 3.63) is 39.4 Å². The van der Waals surface area contributed by atoms with E-state index in [4.69, 9.17) is 0 Å². The van der Waals surface area contributed by atoms with Crippen molar-refractivity contribution >= 4 is 5.69 Å². The molecule has 0 bridgehead atoms. The summed E-state index contributed by atoms with van der Waals surface area (Å²) in [6, 6.07) is 5.64. The van der Waals surface area contributed by atoms with Crippen LogP contribution >= 0.6 is 0 Å². The molecule has 2 aliphatic rings. The van der Waals surface area contributed by atoms with Crippen molar-refractivity contribution in [2.24, 2.45) is 5.41 Å². The summed E-state index contributed by atoms with van der Waals surface area (Å²) in [5, 5.41) is 11.1. The molecule has 2 aliphatic heterocycles. The highest BCUT2D eigenvalue weighted by molar-refractivity contribution is 5.42. The molecule has 120 valence electrons. The van der Waals surface area contributed by atoms with Gasteiger partial charge in [0.25, 0.3) is 5.69 Å². The van der Waals surface area contributed by atoms with Gasteiger partial charge in [0.15, 0.2) is 0 Å². The van der Waals surface area contributed by atoms with Crippen LogP contribution in [0.5, 0.6) is 0 Å². The molecule has 2 fully saturated rings. The van der Waals surface area contributed by atoms with E-state index in [1.54, 1.807) is 13.0 Å². The van der Waals surface area contributed by atoms with E-state index < -0.39 is 0 Å². The molecule has 1 atom stereocenters. The molecule has 0 aliphatic carbocycles. The Hall–Kier alpha value is -1.46. The van der Waals surface area contributed by atoms with E-state index in [1.165, 1.54) is 32.4 Å². The van der Waals surface area contributed by atoms with E-state index in [1.807, 2.05) is 12.1 Å². The van der Waals surface area contributed by atoms with Gasteiger partial charge in [-0.05, 0) is 57.3 Å². The topological polar surface area (TPSA) is 49.6 Å². The fraction of sp³-hybridized carbons (Fsp3) is 0.647. The van der Waals surface area contributed by atoms with Crippen molar-refractivity contribution in [3.8, 4) is 0 Å². The summed E-state index contributed by atoms with van der Waals surface area (Å²) in [5.41, 5.74) is 2.48. The molecule has 3 rings (SSSR count). The van der Waals surface area contributed by atoms with Gasteiger partial charge in [-0.15, -0.1) is 0 Å². The normalized spacial score (nSPS) is 26.6. The summed E-state index contributed by atoms with van der Waals surface area (Å²) in [7, 11) is 2.22. The molecule has 1 spiro atoms. The van der Waals surface area contributed by atoms with Crippen LogP contribution in [0.3, 0.4) is 0 Å². The van der Waals surface area contributed by atoms with E-state index in [0.29, 0.717) is 5.41 Å². The monoisotopic (exact) mass is 303 g/mol. The number of rotatable bonds is 3. The Kier molecular flexibility index (Phi) is 4.19. The lowest BCUT2D eigenvalue weighted by atomic mass is 9.79. The summed E-state index contributed by atoms with van der Waals surface area (Å²) in [6.07, 6.45) is 3.87. The number of benzene rings is 1. The maximum atomic E-state index is 11.1. The summed E-state index contributed by atoms with van der Waals surface area (Å²) in [5.74, 6) is 0. The van der Waals surface area contributed by atoms with Gasteiger partial charge < -0.3 is 4.90 Å². The number of likely N-dealkylation sites (tertiary alicyclic amines) is 2. The van der Waals surface area contributed by atoms with Gasteiger partial charge in [0.1, 0.15) is 0 Å². The predicted octanol–water partition coefficient (Wildman–Crippen LogP) is 2.82. The summed E-state index contributed by atoms with van der Waals surface area (Å²) in [4.78, 5) is 15.7. The van der Waals surface area contributed by atoms with Crippen LogP contribution in [0.1, 0.15) is 30.4 Å². The third kappa shape index (κ3) is 3.15. The highest BCUT2D eigenvalue weighted by atomic mass is 16.6. The first-order chi connectivity index (χ1) is 10.5. The third-order valence-corrected chi connectivity index (χ3v) is 5.25. The Morgan fingerprint density at radius 1 is 1.27 bits per heavy atom. The van der Waals surface area contributed by atoms with Crippen LogP contribution in [0.2, 0.25) is 0 Å². The number of nitro groups is 1. The molecule has 2 heterocycles. The number of aryl methyl sites for hydroxylation is 1. The first-order valence-corrected chi connectivity index (χ1v) is 8.12. The number of piperidine rings is 1. The molecule has 0 radical (unpaired) electrons. The zero-order chi connectivity index (χ0) is 15.7. The van der Waals surface area contributed by atoms with Crippen molar-refractivity contribution in [1.29, 1.82) is 0 Å². The van der Waals surface area contributed by atoms with Gasteiger partial charge >= 0.3 is 0 Å². The first kappa shape index (κ1) is 15.4. The van der Waals surface area contributed by atoms with Crippen molar-refractivity contribution in [2.45, 2.75) is 32.7 Å². The van der Waals surface area contributed by atoms with Gasteiger partial charge in [-0.2, -0.15) is 0 Å². The van der Waals surface area contributed by atoms with E-state index in [9.17, 15) is 10.1 Å². The average molecular weight is 303 g/mol. The molecule has 1 unspecified atom stereocenters. The molecular weight excluding hydrogens is 278 g/mol. The summed E-state index contributed by atoms with van der Waals surface area (Å²) < 4.78 is 0. The van der Waals surface area contributed by atoms with Gasteiger partial charge in [0.2, 0.25) is 0 Å². The quantitative estimate of drug-likeness (QED) is 0.636. The Bertz CT molecular complexity index is 575. The maximum absolute atomic E-state index is 11.1. The van der Waals surface area contributed by atoms with Crippen LogP contribution in [-0.4, -0.2) is 47.9 Å². The molecule has 2 saturated heterocycles. The second kappa shape index (κ2) is 5.97. The minimum atomic E-state index is -0.277. The molecule has 1 aromatic rings. The van der Waals surface area contributed by atoms with Crippen LogP contribution < -0.4 is 0 Å². The maximum Gasteiger partial charge on any atom is 0.272 e. The average Bonchev–Trinajstić information content (AvgIpc) is 2.82. The summed E-state index contributed by atoms with van der Waals surface area (Å²) >= 11 is 0. The minimum Gasteiger partial charge on any atom is -0.306 e. The molecule has 5 nitrogen and oxygen atoms in total. The third-order valence-electron chi connectivity index (χ3n) is 5.25. The Morgan fingerprint density at radius 2 is 2.09 bits per heavy atom. The Balaban J connectivity index is 1.67. The van der Waals surface area contributed by atoms with Crippen molar-refractivity contribution in [3.63, 3.8) is 0 Å². The minimum absolute atomic E-state index is 0.240. The molecule has 0 amide bonds. The van der Waals surface area contributed by atoms with Crippen LogP contribution in [0.15, 0.2) is 18.2 Å². The zero-order valence-corrected chi connectivity index (χ0v) is 13.5. The van der Waals surface area contributed by atoms with Crippen molar-refractivity contribution in [1.82, 2.24) is 9.80 Å². The lowest BCUT2D eigenvalue weighted by molar-refractivity contribution is -0.385. The lowest BCUT2D eigenvalue weighted by Gasteiger charge is -2.38. The second-order valence-electron chi connectivity index (χ2n) is 7.18. The van der Waals surface area contributed by atoms with Gasteiger partial charge in [0, 0.05) is 31.3 Å². The number of hydrogen-bond acceptors (Lipinski definition) is 4. The fourth-order valence-corrected chi connectivity index (χ4v) is 4.16. The first-order valence-electron chi connectivity index (χ1n) is 8.12. The molecule has 1 aromatic carbocycles. The van der Waals surface area contributed by atoms with Gasteiger partial charge in [-0.25, -0.2) is 0 Å². The highest BCUT2D eigenvalue weighted by Gasteiger charge is 2.40. The molecular formula is C17H25N3O2. The fourth-order valence-electron chi connectivity index (χ4n) is 4.16. The van der Waals surface area contributed by atoms with Gasteiger partial charge in [-0.1, -0.05) is 12.1 Å². The molecule has 0 saturated carbocycles. The number of nitro benzene ring substituents is 1. The zero-order valence-electron chi connectivity index (χ0n) is 13.5. The van der Waals surface area contributed by atoms with Crippen LogP contribution in [0.25, 0.3) is 0 Å². The Morgan fingerprint density at radius 3 is 2.82 bits per heavy atom. The second-order valence-corrected chi connectivity index (χ2v) is 7.18. The molecule has 0 N–H and O–H groups in total. The SMILES string of the molecule is Cc1ccc(CN2CCC3(CCCN(C)C3)C2)cc1[N+](=O)[O-]. The van der Waals surface area contributed by atoms with Crippen molar-refractivity contribution < 1.29 is 4.92 Å². The van der Waals surface area contributed by atoms with E-state index >= 15 is 0 Å². The largest absolute Gasteiger partial charge is 0.306 e. The molecule has 0 aromatic heterocycles. The van der Waals surface area contributed by atoms with Gasteiger partial charge in [-0.3, -0.25) is 15.0 Å². The van der Waals surface area contributed by atoms with E-state index in [2.05, 4.69) is 16.8 Å². The standard InChI is InChI=1S/C17H25N3O2/c1-14-4-5-15(10-16(14)20(21)22)11-19-9-7-17(13-19)6-3-8-18(2)12-17/h4-5,10H,3,6-9,11-13H2,1-2H3. The highest BCUT2D eigenvalue weighted by Crippen LogP contribution is 2.39. The molecule has 22 heavy (non-hydrogen) atoms. The van der Waals surface area contributed by atoms with E-state index in [0.717, 1.165) is 30.8 Å². The smallest absolute Gasteiger partial charge is 0.272 e. The van der Waals surface area contributed by atoms with Crippen molar-refractivity contribution in [2.75, 3.05) is 33.2 Å². The number of hydrogen-bond donors (Lipinski definition) is 0. The van der Waals surface area contributed by atoms with Gasteiger partial charge in [0.05, 0.1) is 4.92 Å². The van der Waals surface area contributed by atoms with E-state index in [-0.39, 0.29) is 10.6 Å². The Labute approximate surface area is 132 Å². The van der Waals surface area contributed by atoms with Crippen LogP contribution in [-0.2, 0) is 6.54 Å². The van der Waals surface area contributed by atoms with Crippen LogP contribution in [0.4, 0.5) is 5.69 Å². The van der Waals surface area contributed by atoms with Crippen LogP contribution in [0, 0.1) is 22.5 Å². The molecule has 5 heteroatoms. The lowest BCUT2D eigenvalue weighted by Crippen LogP contribution is -2.42. The predicted molar refractivity (Wildman–Crippen MR) is 86.9 cm³/mol. The summed E-state index contributed by atoms with van der Waals surface area (Å²) in [6.45, 7) is 7.26.